The minimum Gasteiger partial charge on any atom is -0.443 e. The summed E-state index contributed by atoms with van der Waals surface area (Å²) in [6, 6.07) is 4.85. The van der Waals surface area contributed by atoms with Crippen molar-refractivity contribution in [1.29, 1.82) is 0 Å². The van der Waals surface area contributed by atoms with Crippen molar-refractivity contribution in [3.8, 4) is 0 Å². The van der Waals surface area contributed by atoms with Crippen molar-refractivity contribution in [3.05, 3.63) is 46.5 Å². The molecular weight excluding hydrogens is 478 g/mol. The largest absolute Gasteiger partial charge is 0.443 e. The van der Waals surface area contributed by atoms with Gasteiger partial charge in [0, 0.05) is 32.5 Å². The number of amides is 2. The molecule has 0 spiro atoms. The molecule has 1 aliphatic carbocycles. The first-order valence-electron chi connectivity index (χ1n) is 12.1. The Bertz CT molecular complexity index is 1390. The van der Waals surface area contributed by atoms with Gasteiger partial charge in [-0.05, 0) is 53.2 Å². The number of hydrogen-bond donors (Lipinski definition) is 2. The Morgan fingerprint density at radius 1 is 1.27 bits per heavy atom. The number of nitrogens with one attached hydrogen (secondary N) is 2. The van der Waals surface area contributed by atoms with Crippen LogP contribution in [0.2, 0.25) is 0 Å². The van der Waals surface area contributed by atoms with E-state index in [1.807, 2.05) is 13.8 Å². The highest BCUT2D eigenvalue weighted by Crippen LogP contribution is 2.27. The lowest BCUT2D eigenvalue weighted by molar-refractivity contribution is 0.0587. The number of ether oxygens (including phenoxy) is 2. The number of anilines is 3. The van der Waals surface area contributed by atoms with E-state index in [2.05, 4.69) is 20.7 Å². The van der Waals surface area contributed by atoms with E-state index < -0.39 is 11.7 Å². The molecule has 4 rings (SSSR count). The molecular formula is C25H33N7O5. The molecule has 0 aromatic carbocycles. The zero-order valence-electron chi connectivity index (χ0n) is 22.1. The summed E-state index contributed by atoms with van der Waals surface area (Å²) in [4.78, 5) is 44.8. The second kappa shape index (κ2) is 9.85. The highest BCUT2D eigenvalue weighted by Gasteiger charge is 2.39. The van der Waals surface area contributed by atoms with Crippen LogP contribution in [0.25, 0.3) is 5.65 Å². The molecule has 0 radical (unpaired) electrons. The Morgan fingerprint density at radius 3 is 2.62 bits per heavy atom. The van der Waals surface area contributed by atoms with Crippen molar-refractivity contribution < 1.29 is 19.1 Å². The molecule has 0 saturated heterocycles. The van der Waals surface area contributed by atoms with Crippen LogP contribution in [0.4, 0.5) is 22.1 Å². The number of methoxy groups -OCH3 is 1. The average molecular weight is 512 g/mol. The van der Waals surface area contributed by atoms with E-state index in [1.165, 1.54) is 22.7 Å². The quantitative estimate of drug-likeness (QED) is 0.495. The van der Waals surface area contributed by atoms with Crippen LogP contribution in [0.5, 0.6) is 0 Å². The smallest absolute Gasteiger partial charge is 0.415 e. The minimum atomic E-state index is -0.720. The van der Waals surface area contributed by atoms with Crippen LogP contribution in [0.3, 0.4) is 0 Å². The van der Waals surface area contributed by atoms with Crippen LogP contribution in [0.1, 0.15) is 57.4 Å². The molecule has 1 fully saturated rings. The summed E-state index contributed by atoms with van der Waals surface area (Å²) in [7, 11) is 3.14. The van der Waals surface area contributed by atoms with Gasteiger partial charge in [0.15, 0.2) is 5.65 Å². The molecule has 12 heteroatoms. The third kappa shape index (κ3) is 5.58. The van der Waals surface area contributed by atoms with E-state index in [0.29, 0.717) is 11.5 Å². The first kappa shape index (κ1) is 26.1. The number of fused-ring (bicyclic) bond motifs is 1. The molecule has 2 N–H and O–H groups in total. The Kier molecular flexibility index (Phi) is 6.96. The van der Waals surface area contributed by atoms with Gasteiger partial charge < -0.3 is 24.7 Å². The average Bonchev–Trinajstić information content (AvgIpc) is 3.43. The molecule has 198 valence electrons. The fraction of sp³-hybridized carbons (Fsp3) is 0.480. The van der Waals surface area contributed by atoms with Crippen molar-refractivity contribution in [3.63, 3.8) is 0 Å². The van der Waals surface area contributed by atoms with Gasteiger partial charge in [-0.1, -0.05) is 0 Å². The van der Waals surface area contributed by atoms with Gasteiger partial charge in [-0.15, -0.1) is 0 Å². The van der Waals surface area contributed by atoms with Gasteiger partial charge in [0.05, 0.1) is 18.3 Å². The van der Waals surface area contributed by atoms with Crippen molar-refractivity contribution in [2.24, 2.45) is 0 Å². The predicted octanol–water partition coefficient (Wildman–Crippen LogP) is 3.10. The summed E-state index contributed by atoms with van der Waals surface area (Å²) >= 11 is 0. The Morgan fingerprint density at radius 2 is 2.00 bits per heavy atom. The van der Waals surface area contributed by atoms with E-state index >= 15 is 0 Å². The number of nitrogens with zero attached hydrogens (tertiary/aromatic N) is 5. The van der Waals surface area contributed by atoms with E-state index in [1.54, 1.807) is 56.8 Å². The standard InChI is InChI=1S/C25H33N7O5/c1-14(2)31-10-8-9-16(23(31)34)27-19-12-20(30(6)24(35)37-25(3,4)5)32-21(29-19)15(13-26-32)22(33)28-17-11-18(17)36-7/h8-10,12-14,17-18H,11H2,1-7H3,(H,27,29)(H,28,33). The van der Waals surface area contributed by atoms with Crippen LogP contribution >= 0.6 is 0 Å². The van der Waals surface area contributed by atoms with Gasteiger partial charge >= 0.3 is 6.09 Å². The van der Waals surface area contributed by atoms with Crippen molar-refractivity contribution >= 4 is 35.0 Å². The predicted molar refractivity (Wildman–Crippen MR) is 139 cm³/mol. The van der Waals surface area contributed by atoms with Gasteiger partial charge in [0.2, 0.25) is 0 Å². The lowest BCUT2D eigenvalue weighted by Crippen LogP contribution is -2.35. The first-order chi connectivity index (χ1) is 17.4. The molecule has 37 heavy (non-hydrogen) atoms. The normalized spacial score (nSPS) is 17.1. The second-order valence-electron chi connectivity index (χ2n) is 10.3. The van der Waals surface area contributed by atoms with E-state index in [-0.39, 0.29) is 46.7 Å². The maximum absolute atomic E-state index is 13.0. The van der Waals surface area contributed by atoms with E-state index in [0.717, 1.165) is 6.42 Å². The maximum atomic E-state index is 13.0. The van der Waals surface area contributed by atoms with Crippen molar-refractivity contribution in [2.45, 2.75) is 64.8 Å². The highest BCUT2D eigenvalue weighted by atomic mass is 16.6. The first-order valence-corrected chi connectivity index (χ1v) is 12.1. The molecule has 0 bridgehead atoms. The molecule has 2 unspecified atom stereocenters. The molecule has 3 heterocycles. The second-order valence-corrected chi connectivity index (χ2v) is 10.3. The van der Waals surface area contributed by atoms with Gasteiger partial charge in [0.1, 0.15) is 28.5 Å². The number of carbonyl (C=O) groups is 2. The van der Waals surface area contributed by atoms with E-state index in [9.17, 15) is 14.4 Å². The monoisotopic (exact) mass is 511 g/mol. The topological polar surface area (TPSA) is 132 Å². The van der Waals surface area contributed by atoms with Gasteiger partial charge in [-0.2, -0.15) is 9.61 Å². The minimum absolute atomic E-state index is 0.0222. The molecule has 2 amide bonds. The third-order valence-electron chi connectivity index (χ3n) is 5.85. The number of pyridine rings is 1. The molecule has 1 saturated carbocycles. The molecule has 3 aromatic heterocycles. The van der Waals surface area contributed by atoms with Crippen molar-refractivity contribution in [2.75, 3.05) is 24.4 Å². The summed E-state index contributed by atoms with van der Waals surface area (Å²) in [6.07, 6.45) is 3.19. The van der Waals surface area contributed by atoms with Crippen molar-refractivity contribution in [1.82, 2.24) is 24.5 Å². The van der Waals surface area contributed by atoms with Gasteiger partial charge in [-0.25, -0.2) is 9.78 Å². The molecule has 2 atom stereocenters. The van der Waals surface area contributed by atoms with Crippen LogP contribution in [-0.4, -0.2) is 63.1 Å². The zero-order chi connectivity index (χ0) is 27.1. The molecule has 12 nitrogen and oxygen atoms in total. The molecule has 3 aromatic rings. The Labute approximate surface area is 214 Å². The lowest BCUT2D eigenvalue weighted by Gasteiger charge is -2.25. The number of rotatable bonds is 7. The summed E-state index contributed by atoms with van der Waals surface area (Å²) in [5, 5.41) is 10.3. The fourth-order valence-corrected chi connectivity index (χ4v) is 3.81. The third-order valence-corrected chi connectivity index (χ3v) is 5.85. The number of carbonyl (C=O) groups excluding carboxylic acids is 2. The summed E-state index contributed by atoms with van der Waals surface area (Å²) < 4.78 is 13.8. The van der Waals surface area contributed by atoms with Crippen LogP contribution in [0.15, 0.2) is 35.4 Å². The Balaban J connectivity index is 1.77. The molecule has 0 aliphatic heterocycles. The Hall–Kier alpha value is -3.93. The molecule has 1 aliphatic rings. The van der Waals surface area contributed by atoms with Gasteiger partial charge in [0.25, 0.3) is 11.5 Å². The van der Waals surface area contributed by atoms with Crippen LogP contribution in [0, 0.1) is 0 Å². The van der Waals surface area contributed by atoms with Crippen LogP contribution in [-0.2, 0) is 9.47 Å². The summed E-state index contributed by atoms with van der Waals surface area (Å²) in [5.74, 6) is 0.186. The zero-order valence-corrected chi connectivity index (χ0v) is 22.1. The maximum Gasteiger partial charge on any atom is 0.415 e. The number of hydrogen-bond acceptors (Lipinski definition) is 8. The lowest BCUT2D eigenvalue weighted by atomic mass is 10.2. The SMILES string of the molecule is COC1CC1NC(=O)c1cnn2c(N(C)C(=O)OC(C)(C)C)cc(Nc3cccn(C(C)C)c3=O)nc12. The van der Waals surface area contributed by atoms with Crippen LogP contribution < -0.4 is 21.1 Å². The summed E-state index contributed by atoms with van der Waals surface area (Å²) in [6.45, 7) is 9.13. The fourth-order valence-electron chi connectivity index (χ4n) is 3.81. The summed E-state index contributed by atoms with van der Waals surface area (Å²) in [5.41, 5.74) is -0.223. The highest BCUT2D eigenvalue weighted by molar-refractivity contribution is 6.01. The van der Waals surface area contributed by atoms with E-state index in [4.69, 9.17) is 9.47 Å². The van der Waals surface area contributed by atoms with Gasteiger partial charge in [-0.3, -0.25) is 14.5 Å². The number of aromatic nitrogens is 4.